The molecule has 11 aromatic rings. The van der Waals surface area contributed by atoms with Crippen LogP contribution in [0.4, 0.5) is 0 Å². The number of hydrogen-bond acceptors (Lipinski definition) is 4. The van der Waals surface area contributed by atoms with Crippen LogP contribution in [0.25, 0.3) is 112 Å². The summed E-state index contributed by atoms with van der Waals surface area (Å²) < 4.78 is 0. The molecule has 2 aromatic heterocycles. The lowest BCUT2D eigenvalue weighted by atomic mass is 9.98. The van der Waals surface area contributed by atoms with E-state index in [4.69, 9.17) is 19.9 Å². The molecule has 9 aromatic carbocycles. The zero-order valence-corrected chi connectivity index (χ0v) is 33.7. The fourth-order valence-corrected chi connectivity index (χ4v) is 8.23. The van der Waals surface area contributed by atoms with Gasteiger partial charge in [0.1, 0.15) is 0 Å². The van der Waals surface area contributed by atoms with Gasteiger partial charge in [-0.3, -0.25) is 0 Å². The van der Waals surface area contributed by atoms with Gasteiger partial charge in [0, 0.05) is 33.0 Å². The third kappa shape index (κ3) is 7.20. The highest BCUT2D eigenvalue weighted by Crippen LogP contribution is 2.35. The van der Waals surface area contributed by atoms with Crippen LogP contribution in [0.15, 0.2) is 231 Å². The summed E-state index contributed by atoms with van der Waals surface area (Å²) in [4.78, 5) is 20.4. The van der Waals surface area contributed by atoms with Crippen LogP contribution in [0.1, 0.15) is 0 Å². The third-order valence-corrected chi connectivity index (χ3v) is 11.6. The summed E-state index contributed by atoms with van der Waals surface area (Å²) in [5, 5.41) is 2.03. The Morgan fingerprint density at radius 1 is 0.177 bits per heavy atom. The van der Waals surface area contributed by atoms with E-state index >= 15 is 0 Å². The quantitative estimate of drug-likeness (QED) is 0.154. The van der Waals surface area contributed by atoms with E-state index in [1.807, 2.05) is 36.4 Å². The van der Waals surface area contributed by atoms with E-state index in [9.17, 15) is 0 Å². The van der Waals surface area contributed by atoms with Crippen LogP contribution in [0, 0.1) is 0 Å². The van der Waals surface area contributed by atoms with E-state index in [2.05, 4.69) is 194 Å². The molecule has 0 aliphatic heterocycles. The van der Waals surface area contributed by atoms with E-state index in [1.165, 1.54) is 33.4 Å². The van der Waals surface area contributed by atoms with E-state index in [1.54, 1.807) is 0 Å². The number of hydrogen-bond donors (Lipinski definition) is 0. The molecule has 4 nitrogen and oxygen atoms in total. The Morgan fingerprint density at radius 3 is 0.742 bits per heavy atom. The topological polar surface area (TPSA) is 51.6 Å². The Kier molecular flexibility index (Phi) is 9.49. The van der Waals surface area contributed by atoms with E-state index in [0.717, 1.165) is 66.6 Å². The molecule has 4 heteroatoms. The van der Waals surface area contributed by atoms with Crippen molar-refractivity contribution in [2.24, 2.45) is 0 Å². The first-order valence-corrected chi connectivity index (χ1v) is 20.9. The molecule has 0 N–H and O–H groups in total. The van der Waals surface area contributed by atoms with Crippen LogP contribution in [0.3, 0.4) is 0 Å². The summed E-state index contributed by atoms with van der Waals surface area (Å²) in [6.07, 6.45) is 0. The molecule has 62 heavy (non-hydrogen) atoms. The minimum atomic E-state index is 0.667. The second-order valence-electron chi connectivity index (χ2n) is 15.4. The fourth-order valence-electron chi connectivity index (χ4n) is 8.23. The lowest BCUT2D eigenvalue weighted by Gasteiger charge is -2.12. The van der Waals surface area contributed by atoms with Gasteiger partial charge in [-0.1, -0.05) is 218 Å². The van der Waals surface area contributed by atoms with Gasteiger partial charge in [0.15, 0.2) is 11.6 Å². The van der Waals surface area contributed by atoms with Gasteiger partial charge in [-0.25, -0.2) is 19.9 Å². The van der Waals surface area contributed by atoms with Gasteiger partial charge >= 0.3 is 0 Å². The Balaban J connectivity index is 0.880. The number of aromatic nitrogens is 4. The second-order valence-corrected chi connectivity index (χ2v) is 15.4. The summed E-state index contributed by atoms with van der Waals surface area (Å²) in [7, 11) is 0. The summed E-state index contributed by atoms with van der Waals surface area (Å²) >= 11 is 0. The highest BCUT2D eigenvalue weighted by atomic mass is 14.9. The van der Waals surface area contributed by atoms with Gasteiger partial charge in [-0.05, 0) is 56.6 Å². The number of rotatable bonds is 8. The SMILES string of the molecule is c1ccc(-c2ccc(-c3ccc(-c4nc(-c5ccc(-c6nc(-c7ccc(-c8ccc(-c9ccccc9)cc8)cc7)c7ccccc7n6)cc5)nc5ccccc45)cc3)cc2)cc1. The Morgan fingerprint density at radius 2 is 0.419 bits per heavy atom. The molecule has 0 atom stereocenters. The zero-order chi connectivity index (χ0) is 41.2. The molecule has 11 rings (SSSR count). The molecule has 0 spiro atoms. The molecule has 0 aliphatic rings. The van der Waals surface area contributed by atoms with Gasteiger partial charge in [0.05, 0.1) is 22.4 Å². The van der Waals surface area contributed by atoms with E-state index in [-0.39, 0.29) is 0 Å². The van der Waals surface area contributed by atoms with Crippen molar-refractivity contribution >= 4 is 21.8 Å². The molecule has 0 fully saturated rings. The summed E-state index contributed by atoms with van der Waals surface area (Å²) in [5.74, 6) is 1.33. The summed E-state index contributed by atoms with van der Waals surface area (Å²) in [6.45, 7) is 0. The lowest BCUT2D eigenvalue weighted by Crippen LogP contribution is -1.97. The largest absolute Gasteiger partial charge is 0.228 e. The second kappa shape index (κ2) is 16.0. The van der Waals surface area contributed by atoms with Crippen LogP contribution in [0.5, 0.6) is 0 Å². The van der Waals surface area contributed by atoms with Gasteiger partial charge < -0.3 is 0 Å². The van der Waals surface area contributed by atoms with Crippen molar-refractivity contribution in [2.45, 2.75) is 0 Å². The fraction of sp³-hybridized carbons (Fsp3) is 0. The maximum absolute atomic E-state index is 5.19. The van der Waals surface area contributed by atoms with Crippen LogP contribution >= 0.6 is 0 Å². The van der Waals surface area contributed by atoms with Crippen LogP contribution in [-0.2, 0) is 0 Å². The number of para-hydroxylation sites is 2. The summed E-state index contributed by atoms with van der Waals surface area (Å²) in [5.41, 5.74) is 17.0. The molecular formula is C58H38N4. The van der Waals surface area contributed by atoms with Gasteiger partial charge in [-0.15, -0.1) is 0 Å². The first-order valence-electron chi connectivity index (χ1n) is 20.9. The number of nitrogens with zero attached hydrogens (tertiary/aromatic N) is 4. The van der Waals surface area contributed by atoms with Gasteiger partial charge in [0.2, 0.25) is 0 Å². The molecular weight excluding hydrogens is 753 g/mol. The molecule has 0 aliphatic carbocycles. The van der Waals surface area contributed by atoms with E-state index in [0.29, 0.717) is 11.6 Å². The van der Waals surface area contributed by atoms with Crippen molar-refractivity contribution in [3.8, 4) is 89.8 Å². The average Bonchev–Trinajstić information content (AvgIpc) is 3.36. The Bertz CT molecular complexity index is 3100. The molecule has 0 saturated carbocycles. The van der Waals surface area contributed by atoms with Crippen molar-refractivity contribution in [1.29, 1.82) is 0 Å². The highest BCUT2D eigenvalue weighted by molar-refractivity contribution is 5.95. The Labute approximate surface area is 360 Å². The van der Waals surface area contributed by atoms with Crippen molar-refractivity contribution < 1.29 is 0 Å². The first kappa shape index (κ1) is 36.7. The van der Waals surface area contributed by atoms with Crippen molar-refractivity contribution in [2.75, 3.05) is 0 Å². The molecule has 0 bridgehead atoms. The maximum Gasteiger partial charge on any atom is 0.160 e. The predicted molar refractivity (Wildman–Crippen MR) is 256 cm³/mol. The first-order chi connectivity index (χ1) is 30.7. The molecule has 290 valence electrons. The van der Waals surface area contributed by atoms with Crippen LogP contribution < -0.4 is 0 Å². The molecule has 0 unspecified atom stereocenters. The minimum Gasteiger partial charge on any atom is -0.228 e. The van der Waals surface area contributed by atoms with Crippen molar-refractivity contribution in [3.63, 3.8) is 0 Å². The normalized spacial score (nSPS) is 11.2. The minimum absolute atomic E-state index is 0.667. The van der Waals surface area contributed by atoms with Gasteiger partial charge in [-0.2, -0.15) is 0 Å². The number of benzene rings is 9. The van der Waals surface area contributed by atoms with Crippen LogP contribution in [-0.4, -0.2) is 19.9 Å². The van der Waals surface area contributed by atoms with Crippen molar-refractivity contribution in [3.05, 3.63) is 231 Å². The Hall–Kier alpha value is -8.34. The monoisotopic (exact) mass is 790 g/mol. The average molecular weight is 791 g/mol. The van der Waals surface area contributed by atoms with Crippen molar-refractivity contribution in [1.82, 2.24) is 19.9 Å². The van der Waals surface area contributed by atoms with Gasteiger partial charge in [0.25, 0.3) is 0 Å². The zero-order valence-electron chi connectivity index (χ0n) is 33.7. The molecule has 0 saturated heterocycles. The molecule has 2 heterocycles. The highest BCUT2D eigenvalue weighted by Gasteiger charge is 2.15. The van der Waals surface area contributed by atoms with E-state index < -0.39 is 0 Å². The molecule has 0 amide bonds. The molecule has 0 radical (unpaired) electrons. The smallest absolute Gasteiger partial charge is 0.160 e. The standard InChI is InChI=1S/C58H38N4/c1-3-11-39(12-4-1)41-19-23-43(24-20-41)45-27-31-47(32-28-45)55-51-15-7-9-17-53(51)59-57(61-55)49-35-37-50(38-36-49)58-60-54-18-10-8-16-52(54)56(62-58)48-33-29-46(30-34-48)44-25-21-42(22-26-44)40-13-5-2-6-14-40/h1-38H. The summed E-state index contributed by atoms with van der Waals surface area (Å²) in [6, 6.07) is 80.5. The van der Waals surface area contributed by atoms with Crippen LogP contribution in [0.2, 0.25) is 0 Å². The maximum atomic E-state index is 5.19. The predicted octanol–water partition coefficient (Wildman–Crippen LogP) is 14.9. The number of fused-ring (bicyclic) bond motifs is 2. The lowest BCUT2D eigenvalue weighted by molar-refractivity contribution is 1.22. The third-order valence-electron chi connectivity index (χ3n) is 11.6.